The molecule has 0 amide bonds. The van der Waals surface area contributed by atoms with E-state index in [1.165, 1.54) is 0 Å². The highest BCUT2D eigenvalue weighted by Crippen LogP contribution is 2.22. The van der Waals surface area contributed by atoms with Crippen LogP contribution in [-0.2, 0) is 24.9 Å². The number of rotatable bonds is 4. The fraction of sp³-hybridized carbons (Fsp3) is 0.455. The Morgan fingerprint density at radius 2 is 2.00 bits per heavy atom. The van der Waals surface area contributed by atoms with E-state index in [2.05, 4.69) is 0 Å². The molecule has 1 saturated heterocycles. The second-order valence-electron chi connectivity index (χ2n) is 3.88. The van der Waals surface area contributed by atoms with Crippen molar-refractivity contribution in [3.05, 3.63) is 35.4 Å². The van der Waals surface area contributed by atoms with Gasteiger partial charge in [0.1, 0.15) is 12.9 Å². The molecule has 1 aliphatic rings. The van der Waals surface area contributed by atoms with Gasteiger partial charge in [0, 0.05) is 10.7 Å². The Bertz CT molecular complexity index is 463. The summed E-state index contributed by atoms with van der Waals surface area (Å²) >= 11 is 0. The third kappa shape index (κ3) is 3.96. The second kappa shape index (κ2) is 5.35. The molecule has 0 aliphatic carbocycles. The Labute approximate surface area is 105 Å². The second-order valence-corrected chi connectivity index (χ2v) is 6.78. The van der Waals surface area contributed by atoms with Crippen LogP contribution in [0.3, 0.4) is 0 Å². The normalized spacial score (nSPS) is 20.6. The van der Waals surface area contributed by atoms with E-state index in [1.807, 2.05) is 24.3 Å². The van der Waals surface area contributed by atoms with Crippen molar-refractivity contribution < 1.29 is 17.9 Å². The number of benzene rings is 1. The largest absolute Gasteiger partial charge is 0.352 e. The van der Waals surface area contributed by atoms with Crippen LogP contribution >= 0.6 is 10.7 Å². The van der Waals surface area contributed by atoms with Gasteiger partial charge >= 0.3 is 0 Å². The number of halogens is 1. The molecule has 1 aliphatic heterocycles. The van der Waals surface area contributed by atoms with Crippen molar-refractivity contribution in [1.82, 2.24) is 0 Å². The first-order chi connectivity index (χ1) is 8.04. The van der Waals surface area contributed by atoms with E-state index in [9.17, 15) is 8.42 Å². The van der Waals surface area contributed by atoms with Gasteiger partial charge in [0.15, 0.2) is 0 Å². The highest BCUT2D eigenvalue weighted by Gasteiger charge is 2.17. The van der Waals surface area contributed by atoms with Gasteiger partial charge in [-0.15, -0.1) is 0 Å². The van der Waals surface area contributed by atoms with Crippen molar-refractivity contribution in [2.45, 2.75) is 12.5 Å². The van der Waals surface area contributed by atoms with E-state index < -0.39 is 9.05 Å². The van der Waals surface area contributed by atoms with Crippen LogP contribution in [0.25, 0.3) is 0 Å². The highest BCUT2D eigenvalue weighted by atomic mass is 35.7. The minimum Gasteiger partial charge on any atom is -0.352 e. The molecule has 94 valence electrons. The molecule has 1 aromatic carbocycles. The Hall–Kier alpha value is -0.620. The molecule has 0 bridgehead atoms. The van der Waals surface area contributed by atoms with Crippen LogP contribution in [0, 0.1) is 0 Å². The average molecular weight is 277 g/mol. The van der Waals surface area contributed by atoms with Crippen LogP contribution in [-0.4, -0.2) is 27.6 Å². The van der Waals surface area contributed by atoms with E-state index in [4.69, 9.17) is 20.2 Å². The summed E-state index contributed by atoms with van der Waals surface area (Å²) in [6.45, 7) is 0.895. The summed E-state index contributed by atoms with van der Waals surface area (Å²) in [5.74, 6) is -0.0447. The minimum atomic E-state index is -3.42. The maximum absolute atomic E-state index is 10.8. The first kappa shape index (κ1) is 12.8. The molecule has 1 aromatic rings. The molecule has 1 heterocycles. The van der Waals surface area contributed by atoms with Crippen molar-refractivity contribution in [3.63, 3.8) is 0 Å². The lowest BCUT2D eigenvalue weighted by atomic mass is 10.1. The van der Waals surface area contributed by atoms with Crippen LogP contribution in [0.4, 0.5) is 0 Å². The molecule has 6 heteroatoms. The molecule has 0 N–H and O–H groups in total. The minimum absolute atomic E-state index is 0.0131. The van der Waals surface area contributed by atoms with E-state index in [0.717, 1.165) is 11.1 Å². The lowest BCUT2D eigenvalue weighted by Gasteiger charge is -2.08. The van der Waals surface area contributed by atoms with Gasteiger partial charge in [-0.05, 0) is 17.5 Å². The summed E-state index contributed by atoms with van der Waals surface area (Å²) in [7, 11) is 1.73. The van der Waals surface area contributed by atoms with Gasteiger partial charge in [0.2, 0.25) is 9.05 Å². The third-order valence-electron chi connectivity index (χ3n) is 2.61. The molecule has 1 fully saturated rings. The van der Waals surface area contributed by atoms with Crippen LogP contribution in [0.2, 0.25) is 0 Å². The van der Waals surface area contributed by atoms with Crippen molar-refractivity contribution in [1.29, 1.82) is 0 Å². The lowest BCUT2D eigenvalue weighted by molar-refractivity contribution is 0.0466. The number of ether oxygens (including phenoxy) is 2. The molecule has 1 unspecified atom stereocenters. The molecule has 0 saturated carbocycles. The van der Waals surface area contributed by atoms with Gasteiger partial charge in [-0.25, -0.2) is 8.42 Å². The summed E-state index contributed by atoms with van der Waals surface area (Å²) in [4.78, 5) is 0. The smallest absolute Gasteiger partial charge is 0.232 e. The van der Waals surface area contributed by atoms with E-state index in [1.54, 1.807) is 0 Å². The molecule has 0 spiro atoms. The number of aryl methyl sites for hydroxylation is 1. The topological polar surface area (TPSA) is 52.6 Å². The van der Waals surface area contributed by atoms with Crippen molar-refractivity contribution in [2.75, 3.05) is 19.2 Å². The van der Waals surface area contributed by atoms with Crippen LogP contribution in [0.1, 0.15) is 17.2 Å². The molecule has 0 radical (unpaired) electrons. The summed E-state index contributed by atoms with van der Waals surface area (Å²) in [5.41, 5.74) is 1.98. The van der Waals surface area contributed by atoms with Crippen molar-refractivity contribution >= 4 is 19.7 Å². The van der Waals surface area contributed by atoms with Gasteiger partial charge in [0.25, 0.3) is 0 Å². The average Bonchev–Trinajstić information content (AvgIpc) is 2.79. The van der Waals surface area contributed by atoms with Crippen molar-refractivity contribution in [3.8, 4) is 0 Å². The van der Waals surface area contributed by atoms with Crippen LogP contribution in [0.5, 0.6) is 0 Å². The Kier molecular flexibility index (Phi) is 4.04. The molecule has 4 nitrogen and oxygen atoms in total. The van der Waals surface area contributed by atoms with Crippen LogP contribution in [0.15, 0.2) is 24.3 Å². The van der Waals surface area contributed by atoms with Gasteiger partial charge in [-0.2, -0.15) is 0 Å². The van der Waals surface area contributed by atoms with Gasteiger partial charge < -0.3 is 9.47 Å². The van der Waals surface area contributed by atoms with Crippen LogP contribution < -0.4 is 0 Å². The summed E-state index contributed by atoms with van der Waals surface area (Å²) in [6, 6.07) is 7.63. The zero-order valence-electron chi connectivity index (χ0n) is 9.13. The van der Waals surface area contributed by atoms with Gasteiger partial charge in [-0.1, -0.05) is 24.3 Å². The Balaban J connectivity index is 1.97. The molecular formula is C11H13ClO4S. The summed E-state index contributed by atoms with van der Waals surface area (Å²) in [6.07, 6.45) is 0.412. The van der Waals surface area contributed by atoms with Gasteiger partial charge in [0.05, 0.1) is 12.4 Å². The number of hydrogen-bond acceptors (Lipinski definition) is 4. The fourth-order valence-electron chi connectivity index (χ4n) is 1.66. The Morgan fingerprint density at radius 1 is 1.29 bits per heavy atom. The highest BCUT2D eigenvalue weighted by molar-refractivity contribution is 8.13. The first-order valence-electron chi connectivity index (χ1n) is 5.25. The maximum atomic E-state index is 10.8. The van der Waals surface area contributed by atoms with Crippen molar-refractivity contribution in [2.24, 2.45) is 0 Å². The SMILES string of the molecule is O=S(=O)(Cl)CCc1ccc(C2COCO2)cc1. The quantitative estimate of drug-likeness (QED) is 0.788. The maximum Gasteiger partial charge on any atom is 0.232 e. The Morgan fingerprint density at radius 3 is 2.53 bits per heavy atom. The summed E-state index contributed by atoms with van der Waals surface area (Å²) in [5, 5.41) is 0. The van der Waals surface area contributed by atoms with Gasteiger partial charge in [-0.3, -0.25) is 0 Å². The molecule has 17 heavy (non-hydrogen) atoms. The molecule has 0 aromatic heterocycles. The number of hydrogen-bond donors (Lipinski definition) is 0. The lowest BCUT2D eigenvalue weighted by Crippen LogP contribution is -2.02. The molecular weight excluding hydrogens is 264 g/mol. The predicted octanol–water partition coefficient (Wildman–Crippen LogP) is 1.84. The zero-order chi connectivity index (χ0) is 12.3. The first-order valence-corrected chi connectivity index (χ1v) is 7.73. The standard InChI is InChI=1S/C11H13ClO4S/c12-17(13,14)6-5-9-1-3-10(4-2-9)11-7-15-8-16-11/h1-4,11H,5-8H2. The third-order valence-corrected chi connectivity index (χ3v) is 3.76. The molecule has 2 rings (SSSR count). The zero-order valence-corrected chi connectivity index (χ0v) is 10.7. The summed E-state index contributed by atoms with van der Waals surface area (Å²) < 4.78 is 32.1. The van der Waals surface area contributed by atoms with E-state index >= 15 is 0 Å². The van der Waals surface area contributed by atoms with E-state index in [0.29, 0.717) is 19.8 Å². The fourth-order valence-corrected chi connectivity index (χ4v) is 2.38. The predicted molar refractivity (Wildman–Crippen MR) is 64.4 cm³/mol. The van der Waals surface area contributed by atoms with E-state index in [-0.39, 0.29) is 11.9 Å². The molecule has 1 atom stereocenters. The monoisotopic (exact) mass is 276 g/mol.